The van der Waals surface area contributed by atoms with Gasteiger partial charge in [-0.1, -0.05) is 32.6 Å². The van der Waals surface area contributed by atoms with E-state index in [1.807, 2.05) is 0 Å². The maximum absolute atomic E-state index is 4.84. The van der Waals surface area contributed by atoms with Gasteiger partial charge in [-0.05, 0) is 6.42 Å². The first-order chi connectivity index (χ1) is 4.41. The molecule has 0 rings (SSSR count). The fourth-order valence-electron chi connectivity index (χ4n) is 0.789. The third-order valence-corrected chi connectivity index (χ3v) is 1.60. The second-order valence-corrected chi connectivity index (χ2v) is 2.62. The molecule has 0 heterocycles. The van der Waals surface area contributed by atoms with E-state index in [4.69, 9.17) is 4.52 Å². The second kappa shape index (κ2) is 8.39. The monoisotopic (exact) mass is 148 g/mol. The molecule has 0 radical (unpaired) electrons. The molecule has 0 bridgehead atoms. The summed E-state index contributed by atoms with van der Waals surface area (Å²) in [5.41, 5.74) is 0. The van der Waals surface area contributed by atoms with Gasteiger partial charge in [0.05, 0.1) is 6.61 Å². The molecule has 1 unspecified atom stereocenters. The minimum absolute atomic E-state index is 0.897. The first-order valence-corrected chi connectivity index (χ1v) is 4.20. The lowest BCUT2D eigenvalue weighted by Crippen LogP contribution is -1.83. The summed E-state index contributed by atoms with van der Waals surface area (Å²) in [7, 11) is 2.28. The van der Waals surface area contributed by atoms with Gasteiger partial charge in [0.2, 0.25) is 0 Å². The third kappa shape index (κ3) is 8.39. The zero-order valence-corrected chi connectivity index (χ0v) is 7.38. The van der Waals surface area contributed by atoms with Crippen LogP contribution in [-0.2, 0) is 4.52 Å². The van der Waals surface area contributed by atoms with Gasteiger partial charge in [0.1, 0.15) is 0 Å². The lowest BCUT2D eigenvalue weighted by atomic mass is 10.2. The van der Waals surface area contributed by atoms with Crippen molar-refractivity contribution in [3.63, 3.8) is 0 Å². The fraction of sp³-hybridized carbons (Fsp3) is 1.00. The van der Waals surface area contributed by atoms with Gasteiger partial charge >= 0.3 is 0 Å². The largest absolute Gasteiger partial charge is 0.366 e. The molecular formula is C7H17OP. The number of unbranched alkanes of at least 4 members (excludes halogenated alkanes) is 4. The summed E-state index contributed by atoms with van der Waals surface area (Å²) in [6, 6.07) is 0. The minimum atomic E-state index is 0.897. The predicted octanol–water partition coefficient (Wildman–Crippen LogP) is 2.76. The van der Waals surface area contributed by atoms with Gasteiger partial charge in [-0.25, -0.2) is 0 Å². The molecule has 0 aliphatic rings. The Balaban J connectivity index is 2.60. The van der Waals surface area contributed by atoms with Crippen LogP contribution in [0.5, 0.6) is 0 Å². The highest BCUT2D eigenvalue weighted by Crippen LogP contribution is 2.02. The smallest absolute Gasteiger partial charge is 0.0501 e. The molecule has 0 saturated carbocycles. The van der Waals surface area contributed by atoms with Gasteiger partial charge in [0, 0.05) is 9.47 Å². The van der Waals surface area contributed by atoms with Crippen molar-refractivity contribution in [1.29, 1.82) is 0 Å². The number of hydrogen-bond acceptors (Lipinski definition) is 1. The highest BCUT2D eigenvalue weighted by atomic mass is 31.0. The van der Waals surface area contributed by atoms with Crippen molar-refractivity contribution in [2.45, 2.75) is 39.0 Å². The average Bonchev–Trinajstić information content (AvgIpc) is 1.89. The molecule has 0 fully saturated rings. The molecule has 1 nitrogen and oxygen atoms in total. The van der Waals surface area contributed by atoms with Crippen LogP contribution in [0.1, 0.15) is 39.0 Å². The van der Waals surface area contributed by atoms with Gasteiger partial charge in [0.15, 0.2) is 0 Å². The van der Waals surface area contributed by atoms with E-state index in [0.29, 0.717) is 0 Å². The summed E-state index contributed by atoms with van der Waals surface area (Å²) in [4.78, 5) is 0. The maximum Gasteiger partial charge on any atom is 0.0501 e. The molecule has 2 heteroatoms. The van der Waals surface area contributed by atoms with Crippen LogP contribution in [0.4, 0.5) is 0 Å². The molecule has 0 aromatic carbocycles. The molecule has 0 aromatic rings. The van der Waals surface area contributed by atoms with E-state index in [2.05, 4.69) is 16.4 Å². The van der Waals surface area contributed by atoms with E-state index in [-0.39, 0.29) is 0 Å². The van der Waals surface area contributed by atoms with E-state index in [1.165, 1.54) is 32.1 Å². The van der Waals surface area contributed by atoms with Crippen LogP contribution in [0.25, 0.3) is 0 Å². The Labute approximate surface area is 60.5 Å². The van der Waals surface area contributed by atoms with E-state index < -0.39 is 0 Å². The van der Waals surface area contributed by atoms with Crippen LogP contribution in [0, 0.1) is 0 Å². The molecular weight excluding hydrogens is 131 g/mol. The number of hydrogen-bond donors (Lipinski definition) is 0. The highest BCUT2D eigenvalue weighted by Gasteiger charge is 1.85. The summed E-state index contributed by atoms with van der Waals surface area (Å²) in [5, 5.41) is 0. The van der Waals surface area contributed by atoms with Crippen LogP contribution in [0.2, 0.25) is 0 Å². The van der Waals surface area contributed by atoms with E-state index in [0.717, 1.165) is 6.61 Å². The molecule has 0 aromatic heterocycles. The van der Waals surface area contributed by atoms with E-state index in [9.17, 15) is 0 Å². The third-order valence-electron chi connectivity index (χ3n) is 1.37. The van der Waals surface area contributed by atoms with E-state index in [1.54, 1.807) is 0 Å². The first-order valence-electron chi connectivity index (χ1n) is 3.73. The van der Waals surface area contributed by atoms with Crippen LogP contribution >= 0.6 is 9.47 Å². The maximum atomic E-state index is 4.84. The highest BCUT2D eigenvalue weighted by molar-refractivity contribution is 7.09. The zero-order valence-electron chi connectivity index (χ0n) is 6.23. The van der Waals surface area contributed by atoms with Crippen molar-refractivity contribution in [2.75, 3.05) is 6.61 Å². The molecule has 56 valence electrons. The minimum Gasteiger partial charge on any atom is -0.366 e. The van der Waals surface area contributed by atoms with E-state index >= 15 is 0 Å². The quantitative estimate of drug-likeness (QED) is 0.415. The Hall–Kier alpha value is 0.390. The first kappa shape index (κ1) is 9.39. The Morgan fingerprint density at radius 1 is 1.11 bits per heavy atom. The molecule has 0 aliphatic heterocycles. The van der Waals surface area contributed by atoms with Crippen molar-refractivity contribution in [3.05, 3.63) is 0 Å². The molecule has 1 atom stereocenters. The summed E-state index contributed by atoms with van der Waals surface area (Å²) < 4.78 is 4.84. The predicted molar refractivity (Wildman–Crippen MR) is 44.4 cm³/mol. The summed E-state index contributed by atoms with van der Waals surface area (Å²) >= 11 is 0. The van der Waals surface area contributed by atoms with Gasteiger partial charge in [0.25, 0.3) is 0 Å². The summed E-state index contributed by atoms with van der Waals surface area (Å²) in [6.07, 6.45) is 6.59. The van der Waals surface area contributed by atoms with Crippen molar-refractivity contribution in [3.8, 4) is 0 Å². The van der Waals surface area contributed by atoms with Crippen LogP contribution < -0.4 is 0 Å². The molecule has 9 heavy (non-hydrogen) atoms. The number of rotatable bonds is 6. The average molecular weight is 148 g/mol. The second-order valence-electron chi connectivity index (χ2n) is 2.29. The molecule has 0 N–H and O–H groups in total. The van der Waals surface area contributed by atoms with Gasteiger partial charge in [-0.15, -0.1) is 0 Å². The van der Waals surface area contributed by atoms with Crippen LogP contribution in [0.3, 0.4) is 0 Å². The van der Waals surface area contributed by atoms with Crippen molar-refractivity contribution in [2.24, 2.45) is 0 Å². The van der Waals surface area contributed by atoms with Gasteiger partial charge < -0.3 is 4.52 Å². The lowest BCUT2D eigenvalue weighted by Gasteiger charge is -1.96. The van der Waals surface area contributed by atoms with Crippen molar-refractivity contribution < 1.29 is 4.52 Å². The van der Waals surface area contributed by atoms with Crippen LogP contribution in [-0.4, -0.2) is 6.61 Å². The molecule has 0 spiro atoms. The normalized spacial score (nSPS) is 10.0. The van der Waals surface area contributed by atoms with Gasteiger partial charge in [-0.3, -0.25) is 0 Å². The standard InChI is InChI=1S/C7H17OP/c1-2-3-4-5-6-7-8-9/h2-7,9H2,1H3. The summed E-state index contributed by atoms with van der Waals surface area (Å²) in [5.74, 6) is 0. The topological polar surface area (TPSA) is 9.23 Å². The van der Waals surface area contributed by atoms with Crippen molar-refractivity contribution >= 4 is 9.47 Å². The molecule has 0 saturated heterocycles. The Morgan fingerprint density at radius 2 is 1.78 bits per heavy atom. The van der Waals surface area contributed by atoms with Gasteiger partial charge in [-0.2, -0.15) is 0 Å². The fourth-order valence-corrected chi connectivity index (χ4v) is 0.956. The Morgan fingerprint density at radius 3 is 2.33 bits per heavy atom. The summed E-state index contributed by atoms with van der Waals surface area (Å²) in [6.45, 7) is 3.13. The van der Waals surface area contributed by atoms with Crippen LogP contribution in [0.15, 0.2) is 0 Å². The van der Waals surface area contributed by atoms with Crippen molar-refractivity contribution in [1.82, 2.24) is 0 Å². The lowest BCUT2D eigenvalue weighted by molar-refractivity contribution is 0.353. The Bertz CT molecular complexity index is 42.2. The zero-order chi connectivity index (χ0) is 6.95. The molecule has 0 aliphatic carbocycles. The SMILES string of the molecule is CCCCCCCOP. The Kier molecular flexibility index (Phi) is 8.75. The molecule has 0 amide bonds.